The highest BCUT2D eigenvalue weighted by molar-refractivity contribution is 7.81. The highest BCUT2D eigenvalue weighted by atomic mass is 32.1. The summed E-state index contributed by atoms with van der Waals surface area (Å²) in [7, 11) is 0. The van der Waals surface area contributed by atoms with Crippen LogP contribution in [0.3, 0.4) is 0 Å². The third-order valence-corrected chi connectivity index (χ3v) is 1.96. The molecule has 0 fully saturated rings. The van der Waals surface area contributed by atoms with Gasteiger partial charge in [-0.1, -0.05) is 0 Å². The Kier molecular flexibility index (Phi) is 4.94. The van der Waals surface area contributed by atoms with E-state index in [-0.39, 0.29) is 17.5 Å². The van der Waals surface area contributed by atoms with E-state index < -0.39 is 5.97 Å². The number of Topliss-reactive ketones (excluding diaryl/α,β-unsaturated/α-hetero) is 1. The summed E-state index contributed by atoms with van der Waals surface area (Å²) in [6.45, 7) is 1.46. The maximum Gasteiger partial charge on any atom is 0.303 e. The monoisotopic (exact) mass is 176 g/mol. The summed E-state index contributed by atoms with van der Waals surface area (Å²) >= 11 is 3.98. The van der Waals surface area contributed by atoms with Crippen molar-refractivity contribution in [3.8, 4) is 0 Å². The molecule has 0 bridgehead atoms. The van der Waals surface area contributed by atoms with E-state index in [9.17, 15) is 9.59 Å². The maximum atomic E-state index is 10.6. The van der Waals surface area contributed by atoms with E-state index in [4.69, 9.17) is 5.11 Å². The summed E-state index contributed by atoms with van der Waals surface area (Å²) in [5, 5.41) is 7.96. The van der Waals surface area contributed by atoms with Crippen LogP contribution < -0.4 is 0 Å². The molecule has 0 aromatic heterocycles. The molecule has 1 N–H and O–H groups in total. The fraction of sp³-hybridized carbons (Fsp3) is 0.714. The molecule has 3 nitrogen and oxygen atoms in total. The van der Waals surface area contributed by atoms with Gasteiger partial charge in [0.2, 0.25) is 0 Å². The molecule has 0 rings (SSSR count). The Hall–Kier alpha value is -0.510. The molecule has 11 heavy (non-hydrogen) atoms. The zero-order valence-electron chi connectivity index (χ0n) is 6.41. The molecular formula is C7H12O3S. The quantitative estimate of drug-likeness (QED) is 0.617. The largest absolute Gasteiger partial charge is 0.481 e. The van der Waals surface area contributed by atoms with Crippen molar-refractivity contribution in [3.05, 3.63) is 0 Å². The van der Waals surface area contributed by atoms with Crippen LogP contribution in [0, 0.1) is 0 Å². The third-order valence-electron chi connectivity index (χ3n) is 1.34. The minimum absolute atomic E-state index is 0.00118. The lowest BCUT2D eigenvalue weighted by molar-refractivity contribution is -0.137. The van der Waals surface area contributed by atoms with Crippen molar-refractivity contribution in [1.29, 1.82) is 0 Å². The first-order valence-electron chi connectivity index (χ1n) is 3.44. The second kappa shape index (κ2) is 5.18. The van der Waals surface area contributed by atoms with Gasteiger partial charge in [-0.05, 0) is 19.8 Å². The molecule has 0 spiro atoms. The predicted molar refractivity (Wildman–Crippen MR) is 44.9 cm³/mol. The van der Waals surface area contributed by atoms with Crippen molar-refractivity contribution < 1.29 is 14.7 Å². The van der Waals surface area contributed by atoms with Gasteiger partial charge in [-0.15, -0.1) is 0 Å². The number of rotatable bonds is 5. The van der Waals surface area contributed by atoms with Gasteiger partial charge in [-0.3, -0.25) is 9.59 Å². The second-order valence-electron chi connectivity index (χ2n) is 2.41. The van der Waals surface area contributed by atoms with E-state index in [0.717, 1.165) is 0 Å². The lowest BCUT2D eigenvalue weighted by Crippen LogP contribution is -2.10. The maximum absolute atomic E-state index is 10.6. The Balaban J connectivity index is 3.39. The van der Waals surface area contributed by atoms with Crippen molar-refractivity contribution >= 4 is 24.4 Å². The molecular weight excluding hydrogens is 164 g/mol. The van der Waals surface area contributed by atoms with Crippen molar-refractivity contribution in [1.82, 2.24) is 0 Å². The lowest BCUT2D eigenvalue weighted by Gasteiger charge is -2.03. The summed E-state index contributed by atoms with van der Waals surface area (Å²) in [5.74, 6) is -0.826. The number of hydrogen-bond acceptors (Lipinski definition) is 3. The van der Waals surface area contributed by atoms with Crippen LogP contribution in [0.1, 0.15) is 26.2 Å². The zero-order chi connectivity index (χ0) is 8.85. The van der Waals surface area contributed by atoms with Crippen LogP contribution in [0.4, 0.5) is 0 Å². The van der Waals surface area contributed by atoms with Gasteiger partial charge in [0, 0.05) is 6.42 Å². The molecule has 0 aliphatic carbocycles. The zero-order valence-corrected chi connectivity index (χ0v) is 7.30. The molecule has 0 aromatic carbocycles. The fourth-order valence-corrected chi connectivity index (χ4v) is 0.832. The number of ketones is 1. The Bertz CT molecular complexity index is 156. The Morgan fingerprint density at radius 1 is 1.55 bits per heavy atom. The average Bonchev–Trinajstić information content (AvgIpc) is 1.86. The van der Waals surface area contributed by atoms with E-state index in [1.807, 2.05) is 0 Å². The summed E-state index contributed by atoms with van der Waals surface area (Å²) in [6, 6.07) is 0. The average molecular weight is 176 g/mol. The van der Waals surface area contributed by atoms with Gasteiger partial charge in [0.1, 0.15) is 5.78 Å². The normalized spacial score (nSPS) is 12.5. The Morgan fingerprint density at radius 3 is 2.45 bits per heavy atom. The van der Waals surface area contributed by atoms with E-state index in [2.05, 4.69) is 12.6 Å². The van der Waals surface area contributed by atoms with Crippen molar-refractivity contribution in [2.75, 3.05) is 0 Å². The summed E-state index contributed by atoms with van der Waals surface area (Å²) in [5.41, 5.74) is 0. The molecule has 0 aromatic rings. The molecule has 1 unspecified atom stereocenters. The van der Waals surface area contributed by atoms with E-state index in [1.165, 1.54) is 6.92 Å². The minimum Gasteiger partial charge on any atom is -0.481 e. The Labute approximate surface area is 71.2 Å². The third kappa shape index (κ3) is 5.91. The molecule has 0 saturated heterocycles. The van der Waals surface area contributed by atoms with Crippen LogP contribution in [0.25, 0.3) is 0 Å². The van der Waals surface area contributed by atoms with Crippen LogP contribution in [-0.2, 0) is 9.59 Å². The molecule has 0 saturated carbocycles. The molecule has 1 atom stereocenters. The molecule has 0 aliphatic rings. The van der Waals surface area contributed by atoms with Crippen molar-refractivity contribution in [3.63, 3.8) is 0 Å². The first-order valence-corrected chi connectivity index (χ1v) is 3.96. The van der Waals surface area contributed by atoms with Gasteiger partial charge in [0.05, 0.1) is 5.25 Å². The van der Waals surface area contributed by atoms with Gasteiger partial charge in [0.25, 0.3) is 0 Å². The van der Waals surface area contributed by atoms with Gasteiger partial charge in [-0.2, -0.15) is 12.6 Å². The van der Waals surface area contributed by atoms with E-state index >= 15 is 0 Å². The van der Waals surface area contributed by atoms with Gasteiger partial charge >= 0.3 is 5.97 Å². The second-order valence-corrected chi connectivity index (χ2v) is 3.04. The van der Waals surface area contributed by atoms with Crippen LogP contribution in [0.5, 0.6) is 0 Å². The molecule has 0 amide bonds. The van der Waals surface area contributed by atoms with Crippen LogP contribution >= 0.6 is 12.6 Å². The number of carbonyl (C=O) groups is 2. The Morgan fingerprint density at radius 2 is 2.09 bits per heavy atom. The van der Waals surface area contributed by atoms with Crippen LogP contribution in [0.15, 0.2) is 0 Å². The van der Waals surface area contributed by atoms with Crippen LogP contribution in [0.2, 0.25) is 0 Å². The predicted octanol–water partition coefficient (Wildman–Crippen LogP) is 1.13. The van der Waals surface area contributed by atoms with Gasteiger partial charge in [0.15, 0.2) is 0 Å². The van der Waals surface area contributed by atoms with Gasteiger partial charge < -0.3 is 5.11 Å². The summed E-state index contributed by atoms with van der Waals surface area (Å²) in [6.07, 6.45) is 1.18. The first-order chi connectivity index (χ1) is 5.04. The minimum atomic E-state index is -0.825. The van der Waals surface area contributed by atoms with Crippen molar-refractivity contribution in [2.24, 2.45) is 0 Å². The number of carboxylic acid groups (broad SMARTS) is 1. The number of carboxylic acids is 1. The van der Waals surface area contributed by atoms with E-state index in [1.54, 1.807) is 0 Å². The highest BCUT2D eigenvalue weighted by Gasteiger charge is 2.08. The lowest BCUT2D eigenvalue weighted by atomic mass is 10.1. The molecule has 0 heterocycles. The topological polar surface area (TPSA) is 54.4 Å². The summed E-state index contributed by atoms with van der Waals surface area (Å²) in [4.78, 5) is 20.6. The van der Waals surface area contributed by atoms with Crippen molar-refractivity contribution in [2.45, 2.75) is 31.4 Å². The SMILES string of the molecule is CC(=O)C(S)CCCC(=O)O. The number of hydrogen-bond donors (Lipinski definition) is 2. The van der Waals surface area contributed by atoms with Crippen LogP contribution in [-0.4, -0.2) is 22.1 Å². The smallest absolute Gasteiger partial charge is 0.303 e. The molecule has 0 radical (unpaired) electrons. The fourth-order valence-electron chi connectivity index (χ4n) is 0.650. The summed E-state index contributed by atoms with van der Waals surface area (Å²) < 4.78 is 0. The standard InChI is InChI=1S/C7H12O3S/c1-5(8)6(11)3-2-4-7(9)10/h6,11H,2-4H2,1H3,(H,9,10). The molecule has 0 aliphatic heterocycles. The highest BCUT2D eigenvalue weighted by Crippen LogP contribution is 2.07. The number of carbonyl (C=O) groups excluding carboxylic acids is 1. The molecule has 64 valence electrons. The first kappa shape index (κ1) is 10.5. The number of aliphatic carboxylic acids is 1. The van der Waals surface area contributed by atoms with Gasteiger partial charge in [-0.25, -0.2) is 0 Å². The number of thiol groups is 1. The molecule has 4 heteroatoms. The van der Waals surface area contributed by atoms with E-state index in [0.29, 0.717) is 12.8 Å².